The van der Waals surface area contributed by atoms with Gasteiger partial charge in [0.15, 0.2) is 0 Å². The fraction of sp³-hybridized carbons (Fsp3) is 0.0938. The van der Waals surface area contributed by atoms with Gasteiger partial charge >= 0.3 is 21.1 Å². The van der Waals surface area contributed by atoms with Gasteiger partial charge in [-0.1, -0.05) is 78.5 Å². The molecule has 0 saturated heterocycles. The molecular formula is C32H24N4Pt. The molecule has 3 aromatic heterocycles. The molecule has 4 nitrogen and oxygen atoms in total. The topological polar surface area (TPSA) is 43.6 Å². The molecule has 0 spiro atoms. The van der Waals surface area contributed by atoms with Crippen LogP contribution in [0.4, 0.5) is 0 Å². The van der Waals surface area contributed by atoms with Crippen LogP contribution in [-0.2, 0) is 26.5 Å². The van der Waals surface area contributed by atoms with Gasteiger partial charge in [0.2, 0.25) is 0 Å². The second-order valence-corrected chi connectivity index (χ2v) is 9.30. The molecule has 0 unspecified atom stereocenters. The van der Waals surface area contributed by atoms with Crippen molar-refractivity contribution in [3.05, 3.63) is 133 Å². The minimum absolute atomic E-state index is 0. The van der Waals surface area contributed by atoms with Gasteiger partial charge in [0, 0.05) is 16.8 Å². The SMILES string of the molecule is CC(C)(c1cccc(-n2[c-]cc(-c3ccccc3)n2)n1)c1cc2ccccc2c(-c2[c-]cccc2)n1.[Pt+2]. The summed E-state index contributed by atoms with van der Waals surface area (Å²) in [6.07, 6.45) is 3.22. The molecule has 182 valence electrons. The standard InChI is InChI=1S/C32H24N4.Pt/c1-32(2,29-22-25-16-9-10-17-26(25)31(34-29)24-14-7-4-8-15-24)28-18-11-19-30(33-28)36-21-20-27(35-36)23-12-5-3-6-13-23;/h3-14,16-20,22H,1-2H3;/q-2;+2. The minimum Gasteiger partial charge on any atom is -0.343 e. The van der Waals surface area contributed by atoms with E-state index >= 15 is 0 Å². The third kappa shape index (κ3) is 4.77. The number of nitrogens with zero attached hydrogens (tertiary/aromatic N) is 4. The number of hydrogen-bond donors (Lipinski definition) is 0. The van der Waals surface area contributed by atoms with E-state index in [1.807, 2.05) is 66.7 Å². The molecule has 6 rings (SSSR count). The van der Waals surface area contributed by atoms with Crippen molar-refractivity contribution < 1.29 is 21.1 Å². The first kappa shape index (κ1) is 24.8. The van der Waals surface area contributed by atoms with E-state index in [2.05, 4.69) is 68.6 Å². The van der Waals surface area contributed by atoms with E-state index in [9.17, 15) is 0 Å². The summed E-state index contributed by atoms with van der Waals surface area (Å²) in [6.45, 7) is 4.33. The molecule has 0 aliphatic heterocycles. The third-order valence-corrected chi connectivity index (χ3v) is 6.54. The van der Waals surface area contributed by atoms with Gasteiger partial charge in [-0.2, -0.15) is 0 Å². The molecule has 37 heavy (non-hydrogen) atoms. The summed E-state index contributed by atoms with van der Waals surface area (Å²) in [5.74, 6) is 0.722. The van der Waals surface area contributed by atoms with E-state index in [4.69, 9.17) is 15.1 Å². The maximum absolute atomic E-state index is 5.16. The molecule has 0 fully saturated rings. The van der Waals surface area contributed by atoms with Crippen LogP contribution in [-0.4, -0.2) is 19.7 Å². The van der Waals surface area contributed by atoms with Crippen LogP contribution in [0.1, 0.15) is 25.2 Å². The van der Waals surface area contributed by atoms with Crippen molar-refractivity contribution in [1.82, 2.24) is 19.7 Å². The quantitative estimate of drug-likeness (QED) is 0.186. The molecule has 5 heteroatoms. The Hall–Kier alpha value is -3.88. The van der Waals surface area contributed by atoms with Gasteiger partial charge in [0.05, 0.1) is 5.82 Å². The Kier molecular flexibility index (Phi) is 6.86. The van der Waals surface area contributed by atoms with Crippen LogP contribution >= 0.6 is 0 Å². The zero-order valence-corrected chi connectivity index (χ0v) is 22.8. The first-order chi connectivity index (χ1) is 17.6. The van der Waals surface area contributed by atoms with Gasteiger partial charge in [-0.05, 0) is 48.1 Å². The van der Waals surface area contributed by atoms with Crippen molar-refractivity contribution >= 4 is 10.8 Å². The largest absolute Gasteiger partial charge is 2.00 e. The van der Waals surface area contributed by atoms with E-state index in [0.717, 1.165) is 50.5 Å². The molecule has 0 atom stereocenters. The van der Waals surface area contributed by atoms with Gasteiger partial charge in [0.25, 0.3) is 0 Å². The van der Waals surface area contributed by atoms with Gasteiger partial charge in [0.1, 0.15) is 0 Å². The number of hydrogen-bond acceptors (Lipinski definition) is 3. The van der Waals surface area contributed by atoms with Gasteiger partial charge in [-0.15, -0.1) is 42.0 Å². The normalized spacial score (nSPS) is 11.3. The second kappa shape index (κ2) is 10.2. The first-order valence-corrected chi connectivity index (χ1v) is 12.0. The van der Waals surface area contributed by atoms with Gasteiger partial charge in [-0.25, -0.2) is 0 Å². The predicted octanol–water partition coefficient (Wildman–Crippen LogP) is 7.07. The zero-order valence-electron chi connectivity index (χ0n) is 20.5. The average Bonchev–Trinajstić information content (AvgIpc) is 3.44. The van der Waals surface area contributed by atoms with Crippen LogP contribution < -0.4 is 0 Å². The Morgan fingerprint density at radius 1 is 0.757 bits per heavy atom. The Morgan fingerprint density at radius 3 is 2.35 bits per heavy atom. The maximum Gasteiger partial charge on any atom is 2.00 e. The van der Waals surface area contributed by atoms with Crippen molar-refractivity contribution in [2.45, 2.75) is 19.3 Å². The number of fused-ring (bicyclic) bond motifs is 1. The van der Waals surface area contributed by atoms with Gasteiger partial charge < -0.3 is 4.68 Å². The number of rotatable bonds is 5. The second-order valence-electron chi connectivity index (χ2n) is 9.30. The maximum atomic E-state index is 5.16. The average molecular weight is 660 g/mol. The van der Waals surface area contributed by atoms with E-state index in [0.29, 0.717) is 0 Å². The fourth-order valence-corrected chi connectivity index (χ4v) is 4.44. The Balaban J connectivity index is 0.00000280. The van der Waals surface area contributed by atoms with Crippen molar-refractivity contribution in [3.63, 3.8) is 0 Å². The molecular weight excluding hydrogens is 635 g/mol. The van der Waals surface area contributed by atoms with Crippen molar-refractivity contribution in [3.8, 4) is 28.3 Å². The fourth-order valence-electron chi connectivity index (χ4n) is 4.44. The van der Waals surface area contributed by atoms with Crippen LogP contribution in [0.2, 0.25) is 0 Å². The van der Waals surface area contributed by atoms with Crippen molar-refractivity contribution in [1.29, 1.82) is 0 Å². The molecule has 6 aromatic rings. The number of aromatic nitrogens is 4. The van der Waals surface area contributed by atoms with Crippen molar-refractivity contribution in [2.75, 3.05) is 0 Å². The summed E-state index contributed by atoms with van der Waals surface area (Å²) >= 11 is 0. The van der Waals surface area contributed by atoms with Crippen LogP contribution in [0, 0.1) is 12.3 Å². The van der Waals surface area contributed by atoms with Crippen LogP contribution in [0.3, 0.4) is 0 Å². The monoisotopic (exact) mass is 659 g/mol. The van der Waals surface area contributed by atoms with Crippen LogP contribution in [0.15, 0.2) is 109 Å². The number of pyridine rings is 2. The third-order valence-electron chi connectivity index (χ3n) is 6.54. The summed E-state index contributed by atoms with van der Waals surface area (Å²) in [7, 11) is 0. The molecule has 0 N–H and O–H groups in total. The van der Waals surface area contributed by atoms with E-state index in [1.165, 1.54) is 0 Å². The van der Waals surface area contributed by atoms with E-state index in [1.54, 1.807) is 4.68 Å². The van der Waals surface area contributed by atoms with Crippen molar-refractivity contribution in [2.24, 2.45) is 0 Å². The van der Waals surface area contributed by atoms with E-state index in [-0.39, 0.29) is 21.1 Å². The number of benzene rings is 3. The smallest absolute Gasteiger partial charge is 0.343 e. The zero-order chi connectivity index (χ0) is 24.5. The molecule has 0 amide bonds. The van der Waals surface area contributed by atoms with Crippen LogP contribution in [0.5, 0.6) is 0 Å². The molecule has 0 radical (unpaired) electrons. The summed E-state index contributed by atoms with van der Waals surface area (Å²) in [5, 5.41) is 6.98. The molecule has 3 aromatic carbocycles. The summed E-state index contributed by atoms with van der Waals surface area (Å²) in [4.78, 5) is 10.2. The molecule has 0 aliphatic rings. The van der Waals surface area contributed by atoms with Crippen LogP contribution in [0.25, 0.3) is 39.1 Å². The minimum atomic E-state index is -0.445. The molecule has 0 bridgehead atoms. The summed E-state index contributed by atoms with van der Waals surface area (Å²) < 4.78 is 1.71. The Morgan fingerprint density at radius 2 is 1.54 bits per heavy atom. The Bertz CT molecular complexity index is 1660. The first-order valence-electron chi connectivity index (χ1n) is 12.0. The van der Waals surface area contributed by atoms with Gasteiger partial charge in [-0.3, -0.25) is 15.1 Å². The Labute approximate surface area is 231 Å². The van der Waals surface area contributed by atoms with E-state index < -0.39 is 5.41 Å². The molecule has 0 aliphatic carbocycles. The summed E-state index contributed by atoms with van der Waals surface area (Å²) in [6, 6.07) is 39.9. The predicted molar refractivity (Wildman–Crippen MR) is 144 cm³/mol. The summed E-state index contributed by atoms with van der Waals surface area (Å²) in [5.41, 5.74) is 5.24. The molecule has 3 heterocycles. The molecule has 0 saturated carbocycles.